The molecule has 25 heavy (non-hydrogen) atoms. The lowest BCUT2D eigenvalue weighted by Crippen LogP contribution is -2.12. The van der Waals surface area contributed by atoms with Crippen LogP contribution < -0.4 is 10.1 Å². The molecule has 0 bridgehead atoms. The molecule has 2 heterocycles. The first-order valence-electron chi connectivity index (χ1n) is 7.55. The van der Waals surface area contributed by atoms with Crippen molar-refractivity contribution in [2.75, 3.05) is 18.2 Å². The number of thioether (sulfide) groups is 1. The van der Waals surface area contributed by atoms with Gasteiger partial charge >= 0.3 is 0 Å². The fourth-order valence-corrected chi connectivity index (χ4v) is 3.11. The molecule has 128 valence electrons. The molecule has 0 radical (unpaired) electrons. The molecular formula is C17H16N4O2S2. The Kier molecular flexibility index (Phi) is 5.62. The SMILES string of the molecule is CCOc1cccc(-c2csc(NC(=O)c3cnc(SC)nc3)n2)c1. The van der Waals surface area contributed by atoms with Gasteiger partial charge in [-0.05, 0) is 25.3 Å². The van der Waals surface area contributed by atoms with E-state index >= 15 is 0 Å². The van der Waals surface area contributed by atoms with Gasteiger partial charge < -0.3 is 4.74 Å². The van der Waals surface area contributed by atoms with Gasteiger partial charge in [-0.25, -0.2) is 15.0 Å². The molecule has 1 aromatic carbocycles. The average molecular weight is 372 g/mol. The van der Waals surface area contributed by atoms with Gasteiger partial charge in [-0.15, -0.1) is 11.3 Å². The van der Waals surface area contributed by atoms with Gasteiger partial charge in [0.2, 0.25) is 0 Å². The zero-order valence-electron chi connectivity index (χ0n) is 13.7. The highest BCUT2D eigenvalue weighted by Crippen LogP contribution is 2.27. The molecule has 1 N–H and O–H groups in total. The van der Waals surface area contributed by atoms with Crippen LogP contribution in [0.3, 0.4) is 0 Å². The highest BCUT2D eigenvalue weighted by atomic mass is 32.2. The van der Waals surface area contributed by atoms with E-state index < -0.39 is 0 Å². The van der Waals surface area contributed by atoms with E-state index in [-0.39, 0.29) is 5.91 Å². The highest BCUT2D eigenvalue weighted by Gasteiger charge is 2.11. The summed E-state index contributed by atoms with van der Waals surface area (Å²) in [5.74, 6) is 0.515. The Labute approximate surface area is 153 Å². The average Bonchev–Trinajstić information content (AvgIpc) is 3.11. The van der Waals surface area contributed by atoms with E-state index in [0.29, 0.717) is 22.5 Å². The minimum atomic E-state index is -0.281. The van der Waals surface area contributed by atoms with Crippen molar-refractivity contribution in [2.24, 2.45) is 0 Å². The van der Waals surface area contributed by atoms with E-state index in [9.17, 15) is 4.79 Å². The zero-order chi connectivity index (χ0) is 17.6. The fourth-order valence-electron chi connectivity index (χ4n) is 2.08. The number of nitrogens with zero attached hydrogens (tertiary/aromatic N) is 3. The molecule has 0 aliphatic carbocycles. The summed E-state index contributed by atoms with van der Waals surface area (Å²) < 4.78 is 5.51. The summed E-state index contributed by atoms with van der Waals surface area (Å²) >= 11 is 2.79. The Morgan fingerprint density at radius 2 is 2.12 bits per heavy atom. The van der Waals surface area contributed by atoms with Crippen molar-refractivity contribution >= 4 is 34.1 Å². The van der Waals surface area contributed by atoms with Crippen molar-refractivity contribution < 1.29 is 9.53 Å². The van der Waals surface area contributed by atoms with Gasteiger partial charge in [0.1, 0.15) is 5.75 Å². The summed E-state index contributed by atoms with van der Waals surface area (Å²) in [6.07, 6.45) is 4.90. The molecule has 0 saturated carbocycles. The van der Waals surface area contributed by atoms with E-state index in [1.165, 1.54) is 35.5 Å². The lowest BCUT2D eigenvalue weighted by molar-refractivity contribution is 0.102. The van der Waals surface area contributed by atoms with Crippen molar-refractivity contribution in [1.29, 1.82) is 0 Å². The Hall–Kier alpha value is -2.45. The number of hydrogen-bond donors (Lipinski definition) is 1. The van der Waals surface area contributed by atoms with E-state index in [1.807, 2.05) is 42.8 Å². The fraction of sp³-hybridized carbons (Fsp3) is 0.176. The predicted molar refractivity (Wildman–Crippen MR) is 100 cm³/mol. The Bertz CT molecular complexity index is 865. The van der Waals surface area contributed by atoms with Crippen LogP contribution in [0.15, 0.2) is 47.2 Å². The first-order valence-corrected chi connectivity index (χ1v) is 9.66. The number of amides is 1. The smallest absolute Gasteiger partial charge is 0.260 e. The number of carbonyl (C=O) groups is 1. The zero-order valence-corrected chi connectivity index (χ0v) is 15.4. The number of benzene rings is 1. The van der Waals surface area contributed by atoms with Crippen LogP contribution in [0.2, 0.25) is 0 Å². The van der Waals surface area contributed by atoms with Gasteiger partial charge in [-0.1, -0.05) is 23.9 Å². The Morgan fingerprint density at radius 1 is 1.32 bits per heavy atom. The van der Waals surface area contributed by atoms with Crippen LogP contribution in [0.25, 0.3) is 11.3 Å². The van der Waals surface area contributed by atoms with Crippen molar-refractivity contribution in [3.8, 4) is 17.0 Å². The van der Waals surface area contributed by atoms with Crippen LogP contribution in [-0.2, 0) is 0 Å². The number of rotatable bonds is 6. The summed E-state index contributed by atoms with van der Waals surface area (Å²) in [6.45, 7) is 2.55. The Balaban J connectivity index is 1.72. The minimum absolute atomic E-state index is 0.281. The van der Waals surface area contributed by atoms with E-state index in [2.05, 4.69) is 20.3 Å². The lowest BCUT2D eigenvalue weighted by Gasteiger charge is -2.04. The molecule has 0 spiro atoms. The van der Waals surface area contributed by atoms with Gasteiger partial charge in [0.25, 0.3) is 5.91 Å². The molecule has 8 heteroatoms. The van der Waals surface area contributed by atoms with Gasteiger partial charge in [-0.2, -0.15) is 0 Å². The molecule has 3 rings (SSSR count). The summed E-state index contributed by atoms with van der Waals surface area (Å²) in [5.41, 5.74) is 2.12. The van der Waals surface area contributed by atoms with E-state index in [1.54, 1.807) is 0 Å². The number of aromatic nitrogens is 3. The monoisotopic (exact) mass is 372 g/mol. The summed E-state index contributed by atoms with van der Waals surface area (Å²) in [5, 5.41) is 5.82. The molecule has 0 fully saturated rings. The van der Waals surface area contributed by atoms with Gasteiger partial charge in [0.05, 0.1) is 17.9 Å². The van der Waals surface area contributed by atoms with Crippen LogP contribution in [0, 0.1) is 0 Å². The maximum absolute atomic E-state index is 12.2. The number of ether oxygens (including phenoxy) is 1. The summed E-state index contributed by atoms with van der Waals surface area (Å²) in [6, 6.07) is 7.71. The topological polar surface area (TPSA) is 77.0 Å². The van der Waals surface area contributed by atoms with Crippen molar-refractivity contribution in [3.05, 3.63) is 47.6 Å². The third kappa shape index (κ3) is 4.34. The summed E-state index contributed by atoms with van der Waals surface area (Å²) in [4.78, 5) is 24.9. The molecule has 0 saturated heterocycles. The standard InChI is InChI=1S/C17H16N4O2S2/c1-3-23-13-6-4-5-11(7-13)14-10-25-17(20-14)21-15(22)12-8-18-16(24-2)19-9-12/h4-10H,3H2,1-2H3,(H,20,21,22). The second-order valence-corrected chi connectivity index (χ2v) is 6.54. The number of anilines is 1. The second-order valence-electron chi connectivity index (χ2n) is 4.91. The number of nitrogens with one attached hydrogen (secondary N) is 1. The highest BCUT2D eigenvalue weighted by molar-refractivity contribution is 7.98. The van der Waals surface area contributed by atoms with Gasteiger partial charge in [-0.3, -0.25) is 10.1 Å². The third-order valence-electron chi connectivity index (χ3n) is 3.24. The van der Waals surface area contributed by atoms with Crippen LogP contribution in [0.5, 0.6) is 5.75 Å². The maximum Gasteiger partial charge on any atom is 0.260 e. The molecule has 0 atom stereocenters. The number of carbonyl (C=O) groups excluding carboxylic acids is 1. The molecule has 1 amide bonds. The predicted octanol–water partition coefficient (Wildman–Crippen LogP) is 3.97. The first-order chi connectivity index (χ1) is 12.2. The number of hydrogen-bond acceptors (Lipinski definition) is 7. The number of thiazole rings is 1. The van der Waals surface area contributed by atoms with Crippen LogP contribution in [0.4, 0.5) is 5.13 Å². The second kappa shape index (κ2) is 8.09. The molecule has 6 nitrogen and oxygen atoms in total. The lowest BCUT2D eigenvalue weighted by atomic mass is 10.2. The van der Waals surface area contributed by atoms with Crippen molar-refractivity contribution in [1.82, 2.24) is 15.0 Å². The van der Waals surface area contributed by atoms with Gasteiger partial charge in [0.15, 0.2) is 10.3 Å². The largest absolute Gasteiger partial charge is 0.494 e. The molecule has 0 unspecified atom stereocenters. The van der Waals surface area contributed by atoms with Gasteiger partial charge in [0, 0.05) is 23.3 Å². The molecular weight excluding hydrogens is 356 g/mol. The van der Waals surface area contributed by atoms with Crippen LogP contribution >= 0.6 is 23.1 Å². The molecule has 3 aromatic rings. The normalized spacial score (nSPS) is 10.5. The van der Waals surface area contributed by atoms with Crippen molar-refractivity contribution in [2.45, 2.75) is 12.1 Å². The van der Waals surface area contributed by atoms with E-state index in [0.717, 1.165) is 17.0 Å². The maximum atomic E-state index is 12.2. The third-order valence-corrected chi connectivity index (χ3v) is 4.57. The molecule has 2 aromatic heterocycles. The molecule has 0 aliphatic heterocycles. The van der Waals surface area contributed by atoms with Crippen molar-refractivity contribution in [3.63, 3.8) is 0 Å². The first kappa shape index (κ1) is 17.4. The summed E-state index contributed by atoms with van der Waals surface area (Å²) in [7, 11) is 0. The van der Waals surface area contributed by atoms with E-state index in [4.69, 9.17) is 4.74 Å². The van der Waals surface area contributed by atoms with Crippen LogP contribution in [0.1, 0.15) is 17.3 Å². The Morgan fingerprint density at radius 3 is 2.84 bits per heavy atom. The molecule has 0 aliphatic rings. The van der Waals surface area contributed by atoms with Crippen LogP contribution in [-0.4, -0.2) is 33.7 Å². The quantitative estimate of drug-likeness (QED) is 0.521. The minimum Gasteiger partial charge on any atom is -0.494 e.